The highest BCUT2D eigenvalue weighted by Crippen LogP contribution is 2.45. The molecule has 0 amide bonds. The Hall–Kier alpha value is 0.140. The van der Waals surface area contributed by atoms with Crippen LogP contribution in [0.4, 0.5) is 0 Å². The van der Waals surface area contributed by atoms with Gasteiger partial charge in [0.15, 0.2) is 0 Å². The van der Waals surface area contributed by atoms with Crippen LogP contribution in [0.25, 0.3) is 0 Å². The largest absolute Gasteiger partial charge is 0.309 e. The maximum absolute atomic E-state index is 3.78. The highest BCUT2D eigenvalue weighted by molar-refractivity contribution is 9.10. The first-order chi connectivity index (χ1) is 8.67. The zero-order valence-corrected chi connectivity index (χ0v) is 15.2. The van der Waals surface area contributed by atoms with Crippen LogP contribution < -0.4 is 5.32 Å². The predicted molar refractivity (Wildman–Crippen MR) is 88.8 cm³/mol. The van der Waals surface area contributed by atoms with E-state index >= 15 is 0 Å². The molecule has 0 aromatic carbocycles. The van der Waals surface area contributed by atoms with E-state index in [2.05, 4.69) is 61.9 Å². The van der Waals surface area contributed by atoms with Gasteiger partial charge in [0, 0.05) is 26.8 Å². The lowest BCUT2D eigenvalue weighted by atomic mass is 9.63. The van der Waals surface area contributed by atoms with E-state index in [1.165, 1.54) is 33.5 Å². The smallest absolute Gasteiger partial charge is 0.0314 e. The molecule has 1 saturated carbocycles. The first-order valence-electron chi connectivity index (χ1n) is 7.15. The lowest BCUT2D eigenvalue weighted by Gasteiger charge is -2.45. The maximum atomic E-state index is 3.78. The summed E-state index contributed by atoms with van der Waals surface area (Å²) in [4.78, 5) is 2.81. The lowest BCUT2D eigenvalue weighted by molar-refractivity contribution is 0.0846. The Bertz CT molecular complexity index is 412. The normalized spacial score (nSPS) is 22.6. The van der Waals surface area contributed by atoms with E-state index in [9.17, 15) is 0 Å². The van der Waals surface area contributed by atoms with Gasteiger partial charge in [0.25, 0.3) is 0 Å². The standard InChI is InChI=1S/C16H26BrNS/c1-11-14(17)6-13(19-11)9-18-12-7-15(2,3)10-16(4,5)8-12/h6,12,18H,7-10H2,1-5H3. The summed E-state index contributed by atoms with van der Waals surface area (Å²) in [5, 5.41) is 3.78. The predicted octanol–water partition coefficient (Wildman–Crippen LogP) is 5.51. The molecule has 0 saturated heterocycles. The fourth-order valence-electron chi connectivity index (χ4n) is 3.84. The molecule has 0 radical (unpaired) electrons. The number of hydrogen-bond acceptors (Lipinski definition) is 2. The Morgan fingerprint density at radius 3 is 2.32 bits per heavy atom. The van der Waals surface area contributed by atoms with Crippen molar-refractivity contribution < 1.29 is 0 Å². The molecule has 1 N–H and O–H groups in total. The zero-order chi connectivity index (χ0) is 14.3. The van der Waals surface area contributed by atoms with E-state index in [0.29, 0.717) is 16.9 Å². The molecule has 0 atom stereocenters. The molecule has 108 valence electrons. The van der Waals surface area contributed by atoms with E-state index in [0.717, 1.165) is 6.54 Å². The van der Waals surface area contributed by atoms with Gasteiger partial charge in [-0.25, -0.2) is 0 Å². The van der Waals surface area contributed by atoms with Crippen molar-refractivity contribution >= 4 is 27.3 Å². The molecule has 1 nitrogen and oxygen atoms in total. The molecule has 1 aliphatic carbocycles. The summed E-state index contributed by atoms with van der Waals surface area (Å²) in [7, 11) is 0. The van der Waals surface area contributed by atoms with Gasteiger partial charge < -0.3 is 5.32 Å². The first-order valence-corrected chi connectivity index (χ1v) is 8.76. The molecule has 0 aliphatic heterocycles. The van der Waals surface area contributed by atoms with E-state index in [4.69, 9.17) is 0 Å². The summed E-state index contributed by atoms with van der Waals surface area (Å²) in [6, 6.07) is 2.91. The number of nitrogens with one attached hydrogen (secondary N) is 1. The van der Waals surface area contributed by atoms with Crippen LogP contribution in [0.15, 0.2) is 10.5 Å². The van der Waals surface area contributed by atoms with Crippen molar-refractivity contribution in [3.05, 3.63) is 20.3 Å². The fourth-order valence-corrected chi connectivity index (χ4v) is 5.39. The van der Waals surface area contributed by atoms with Gasteiger partial charge in [-0.05, 0) is 59.0 Å². The topological polar surface area (TPSA) is 12.0 Å². The molecule has 0 spiro atoms. The SMILES string of the molecule is Cc1sc(CNC2CC(C)(C)CC(C)(C)C2)cc1Br. The van der Waals surface area contributed by atoms with Crippen molar-refractivity contribution in [3.63, 3.8) is 0 Å². The molecule has 1 heterocycles. The Labute approximate surface area is 130 Å². The van der Waals surface area contributed by atoms with E-state index in [-0.39, 0.29) is 0 Å². The summed E-state index contributed by atoms with van der Waals surface area (Å²) in [5.41, 5.74) is 0.927. The van der Waals surface area contributed by atoms with Crippen molar-refractivity contribution in [1.82, 2.24) is 5.32 Å². The number of halogens is 1. The van der Waals surface area contributed by atoms with Gasteiger partial charge in [0.2, 0.25) is 0 Å². The highest BCUT2D eigenvalue weighted by Gasteiger charge is 2.38. The fraction of sp³-hybridized carbons (Fsp3) is 0.750. The minimum absolute atomic E-state index is 0.464. The summed E-state index contributed by atoms with van der Waals surface area (Å²) >= 11 is 5.49. The van der Waals surface area contributed by atoms with Crippen molar-refractivity contribution in [2.45, 2.75) is 66.5 Å². The first kappa shape index (κ1) is 15.5. The Balaban J connectivity index is 1.95. The summed E-state index contributed by atoms with van der Waals surface area (Å²) in [6.45, 7) is 12.8. The number of rotatable bonds is 3. The van der Waals surface area contributed by atoms with Crippen LogP contribution in [-0.2, 0) is 6.54 Å². The van der Waals surface area contributed by atoms with Crippen LogP contribution in [0.5, 0.6) is 0 Å². The van der Waals surface area contributed by atoms with Crippen LogP contribution in [0.2, 0.25) is 0 Å². The van der Waals surface area contributed by atoms with Crippen LogP contribution >= 0.6 is 27.3 Å². The lowest BCUT2D eigenvalue weighted by Crippen LogP contribution is -2.43. The van der Waals surface area contributed by atoms with Crippen LogP contribution in [0.3, 0.4) is 0 Å². The monoisotopic (exact) mass is 343 g/mol. The van der Waals surface area contributed by atoms with Gasteiger partial charge in [-0.1, -0.05) is 27.7 Å². The van der Waals surface area contributed by atoms with Gasteiger partial charge in [-0.2, -0.15) is 0 Å². The van der Waals surface area contributed by atoms with Gasteiger partial charge in [-0.15, -0.1) is 11.3 Å². The summed E-state index contributed by atoms with van der Waals surface area (Å²) in [5.74, 6) is 0. The molecule has 1 aromatic heterocycles. The second-order valence-electron chi connectivity index (χ2n) is 7.61. The molecule has 0 bridgehead atoms. The molecule has 2 rings (SSSR count). The minimum atomic E-state index is 0.464. The van der Waals surface area contributed by atoms with Crippen molar-refractivity contribution in [1.29, 1.82) is 0 Å². The average Bonchev–Trinajstić information content (AvgIpc) is 2.51. The third-order valence-electron chi connectivity index (χ3n) is 4.03. The molecule has 0 unspecified atom stereocenters. The molecule has 3 heteroatoms. The van der Waals surface area contributed by atoms with E-state index in [1.54, 1.807) is 0 Å². The van der Waals surface area contributed by atoms with Crippen LogP contribution in [0.1, 0.15) is 56.7 Å². The summed E-state index contributed by atoms with van der Waals surface area (Å²) < 4.78 is 1.25. The molecule has 1 aromatic rings. The number of thiophene rings is 1. The summed E-state index contributed by atoms with van der Waals surface area (Å²) in [6.07, 6.45) is 3.92. The molecular formula is C16H26BrNS. The number of hydrogen-bond donors (Lipinski definition) is 1. The maximum Gasteiger partial charge on any atom is 0.0314 e. The average molecular weight is 344 g/mol. The van der Waals surface area contributed by atoms with Crippen LogP contribution in [0, 0.1) is 17.8 Å². The molecule has 1 aliphatic rings. The zero-order valence-electron chi connectivity index (χ0n) is 12.8. The quantitative estimate of drug-likeness (QED) is 0.762. The van der Waals surface area contributed by atoms with Crippen molar-refractivity contribution in [2.24, 2.45) is 10.8 Å². The second kappa shape index (κ2) is 5.50. The van der Waals surface area contributed by atoms with Crippen LogP contribution in [-0.4, -0.2) is 6.04 Å². The Morgan fingerprint density at radius 1 is 1.26 bits per heavy atom. The third kappa shape index (κ3) is 4.30. The van der Waals surface area contributed by atoms with E-state index in [1.807, 2.05) is 11.3 Å². The Kier molecular flexibility index (Phi) is 4.49. The Morgan fingerprint density at radius 2 is 1.84 bits per heavy atom. The second-order valence-corrected chi connectivity index (χ2v) is 9.80. The molecule has 1 fully saturated rings. The van der Waals surface area contributed by atoms with Gasteiger partial charge >= 0.3 is 0 Å². The van der Waals surface area contributed by atoms with Gasteiger partial charge in [-0.3, -0.25) is 0 Å². The van der Waals surface area contributed by atoms with Gasteiger partial charge in [0.1, 0.15) is 0 Å². The van der Waals surface area contributed by atoms with E-state index < -0.39 is 0 Å². The highest BCUT2D eigenvalue weighted by atomic mass is 79.9. The molecule has 19 heavy (non-hydrogen) atoms. The third-order valence-corrected chi connectivity index (χ3v) is 6.16. The number of aryl methyl sites for hydroxylation is 1. The van der Waals surface area contributed by atoms with Crippen molar-refractivity contribution in [3.8, 4) is 0 Å². The minimum Gasteiger partial charge on any atom is -0.309 e. The van der Waals surface area contributed by atoms with Crippen molar-refractivity contribution in [2.75, 3.05) is 0 Å². The van der Waals surface area contributed by atoms with Gasteiger partial charge in [0.05, 0.1) is 0 Å². The molecular weight excluding hydrogens is 318 g/mol.